The van der Waals surface area contributed by atoms with Crippen molar-refractivity contribution in [3.8, 4) is 23.0 Å². The molecule has 7 nitrogen and oxygen atoms in total. The van der Waals surface area contributed by atoms with Crippen LogP contribution < -0.4 is 19.5 Å². The van der Waals surface area contributed by atoms with Crippen LogP contribution in [0.3, 0.4) is 0 Å². The number of carbonyl (C=O) groups is 2. The largest absolute Gasteiger partial charge is 0.493 e. The predicted molar refractivity (Wildman–Crippen MR) is 126 cm³/mol. The number of benzene rings is 3. The topological polar surface area (TPSA) is 83.1 Å². The monoisotopic (exact) mass is 447 g/mol. The molecule has 0 aliphatic carbocycles. The van der Waals surface area contributed by atoms with Crippen molar-refractivity contribution in [2.24, 2.45) is 0 Å². The van der Waals surface area contributed by atoms with Gasteiger partial charge < -0.3 is 24.3 Å². The number of amides is 1. The molecule has 0 aliphatic rings. The van der Waals surface area contributed by atoms with Crippen molar-refractivity contribution < 1.29 is 28.5 Å². The highest BCUT2D eigenvalue weighted by Gasteiger charge is 2.11. The summed E-state index contributed by atoms with van der Waals surface area (Å²) in [6.07, 6.45) is 2.90. The standard InChI is InChI=1S/C26H25NO6/c1-18-8-12-20(13-9-18)33-22-7-5-4-6-21(22)27-25(28)17-32-23-14-10-19(16-24(23)30-2)11-15-26(29)31-3/h4-16H,17H2,1-3H3,(H,27,28)/b15-11+. The quantitative estimate of drug-likeness (QED) is 0.367. The van der Waals surface area contributed by atoms with Gasteiger partial charge in [-0.2, -0.15) is 0 Å². The number of hydrogen-bond donors (Lipinski definition) is 1. The lowest BCUT2D eigenvalue weighted by Gasteiger charge is -2.14. The van der Waals surface area contributed by atoms with Crippen molar-refractivity contribution >= 4 is 23.6 Å². The first-order valence-corrected chi connectivity index (χ1v) is 10.2. The number of anilines is 1. The molecule has 7 heteroatoms. The Morgan fingerprint density at radius 2 is 1.67 bits per heavy atom. The molecule has 3 aromatic rings. The number of rotatable bonds is 9. The molecule has 1 N–H and O–H groups in total. The molecule has 0 aromatic heterocycles. The van der Waals surface area contributed by atoms with Gasteiger partial charge in [0.25, 0.3) is 5.91 Å². The number of hydrogen-bond acceptors (Lipinski definition) is 6. The van der Waals surface area contributed by atoms with E-state index in [1.807, 2.05) is 43.3 Å². The van der Waals surface area contributed by atoms with Crippen LogP contribution in [0.15, 0.2) is 72.8 Å². The molecule has 0 saturated carbocycles. The predicted octanol–water partition coefficient (Wildman–Crippen LogP) is 5.00. The Hall–Kier alpha value is -4.26. The van der Waals surface area contributed by atoms with Crippen LogP contribution in [0, 0.1) is 6.92 Å². The second-order valence-corrected chi connectivity index (χ2v) is 7.01. The number of ether oxygens (including phenoxy) is 4. The maximum absolute atomic E-state index is 12.5. The Bertz CT molecular complexity index is 1140. The highest BCUT2D eigenvalue weighted by molar-refractivity contribution is 5.93. The van der Waals surface area contributed by atoms with E-state index in [9.17, 15) is 9.59 Å². The molecule has 3 rings (SSSR count). The molecule has 0 unspecified atom stereocenters. The molecule has 0 atom stereocenters. The van der Waals surface area contributed by atoms with Gasteiger partial charge in [0.05, 0.1) is 19.9 Å². The molecule has 0 fully saturated rings. The van der Waals surface area contributed by atoms with E-state index in [-0.39, 0.29) is 12.5 Å². The number of nitrogens with one attached hydrogen (secondary N) is 1. The molecular formula is C26H25NO6. The molecule has 170 valence electrons. The third kappa shape index (κ3) is 6.87. The fourth-order valence-electron chi connectivity index (χ4n) is 2.86. The lowest BCUT2D eigenvalue weighted by atomic mass is 10.2. The van der Waals surface area contributed by atoms with E-state index in [1.165, 1.54) is 20.3 Å². The van der Waals surface area contributed by atoms with E-state index in [0.29, 0.717) is 28.7 Å². The molecule has 0 radical (unpaired) electrons. The first-order valence-electron chi connectivity index (χ1n) is 10.2. The van der Waals surface area contributed by atoms with E-state index in [4.69, 9.17) is 14.2 Å². The maximum Gasteiger partial charge on any atom is 0.330 e. The first-order chi connectivity index (χ1) is 16.0. The highest BCUT2D eigenvalue weighted by Crippen LogP contribution is 2.30. The maximum atomic E-state index is 12.5. The molecule has 0 saturated heterocycles. The third-order valence-corrected chi connectivity index (χ3v) is 4.57. The van der Waals surface area contributed by atoms with Crippen LogP contribution in [0.25, 0.3) is 6.08 Å². The molecule has 1 amide bonds. The average molecular weight is 447 g/mol. The van der Waals surface area contributed by atoms with Gasteiger partial charge in [0.1, 0.15) is 5.75 Å². The lowest BCUT2D eigenvalue weighted by Crippen LogP contribution is -2.20. The van der Waals surface area contributed by atoms with Gasteiger partial charge in [0.15, 0.2) is 23.9 Å². The fourth-order valence-corrected chi connectivity index (χ4v) is 2.86. The molecule has 3 aromatic carbocycles. The summed E-state index contributed by atoms with van der Waals surface area (Å²) in [6, 6.07) is 19.9. The van der Waals surface area contributed by atoms with Gasteiger partial charge in [-0.3, -0.25) is 4.79 Å². The molecular weight excluding hydrogens is 422 g/mol. The third-order valence-electron chi connectivity index (χ3n) is 4.57. The van der Waals surface area contributed by atoms with Crippen LogP contribution in [0.1, 0.15) is 11.1 Å². The Morgan fingerprint density at radius 3 is 2.39 bits per heavy atom. The van der Waals surface area contributed by atoms with Gasteiger partial charge in [-0.05, 0) is 55.0 Å². The van der Waals surface area contributed by atoms with E-state index >= 15 is 0 Å². The van der Waals surface area contributed by atoms with Crippen LogP contribution in [-0.4, -0.2) is 32.7 Å². The summed E-state index contributed by atoms with van der Waals surface area (Å²) in [5.41, 5.74) is 2.38. The Kier molecular flexibility index (Phi) is 8.07. The van der Waals surface area contributed by atoms with Gasteiger partial charge in [-0.1, -0.05) is 35.9 Å². The SMILES string of the molecule is COC(=O)/C=C/c1ccc(OCC(=O)Nc2ccccc2Oc2ccc(C)cc2)c(OC)c1. The first kappa shape index (κ1) is 23.4. The molecule has 0 heterocycles. The molecule has 0 aliphatic heterocycles. The minimum atomic E-state index is -0.461. The molecule has 0 bridgehead atoms. The van der Waals surface area contributed by atoms with Crippen molar-refractivity contribution in [3.05, 3.63) is 83.9 Å². The number of methoxy groups -OCH3 is 2. The Labute approximate surface area is 192 Å². The highest BCUT2D eigenvalue weighted by atomic mass is 16.5. The van der Waals surface area contributed by atoms with Gasteiger partial charge in [0, 0.05) is 6.08 Å². The number of para-hydroxylation sites is 2. The van der Waals surface area contributed by atoms with Crippen molar-refractivity contribution in [3.63, 3.8) is 0 Å². The second-order valence-electron chi connectivity index (χ2n) is 7.01. The second kappa shape index (κ2) is 11.4. The normalized spacial score (nSPS) is 10.5. The summed E-state index contributed by atoms with van der Waals surface area (Å²) in [5.74, 6) is 1.20. The van der Waals surface area contributed by atoms with Crippen LogP contribution >= 0.6 is 0 Å². The summed E-state index contributed by atoms with van der Waals surface area (Å²) >= 11 is 0. The fraction of sp³-hybridized carbons (Fsp3) is 0.154. The summed E-state index contributed by atoms with van der Waals surface area (Å²) in [5, 5.41) is 2.81. The van der Waals surface area contributed by atoms with Crippen LogP contribution in [0.5, 0.6) is 23.0 Å². The smallest absolute Gasteiger partial charge is 0.330 e. The number of carbonyl (C=O) groups excluding carboxylic acids is 2. The Morgan fingerprint density at radius 1 is 0.909 bits per heavy atom. The lowest BCUT2D eigenvalue weighted by molar-refractivity contribution is -0.134. The van der Waals surface area contributed by atoms with Gasteiger partial charge in [0.2, 0.25) is 0 Å². The van der Waals surface area contributed by atoms with Crippen molar-refractivity contribution in [2.45, 2.75) is 6.92 Å². The van der Waals surface area contributed by atoms with Crippen molar-refractivity contribution in [2.75, 3.05) is 26.1 Å². The molecule has 0 spiro atoms. The summed E-state index contributed by atoms with van der Waals surface area (Å²) in [4.78, 5) is 23.8. The van der Waals surface area contributed by atoms with Gasteiger partial charge in [-0.15, -0.1) is 0 Å². The average Bonchev–Trinajstić information content (AvgIpc) is 2.84. The van der Waals surface area contributed by atoms with Crippen LogP contribution in [-0.2, 0) is 14.3 Å². The van der Waals surface area contributed by atoms with Crippen LogP contribution in [0.4, 0.5) is 5.69 Å². The Balaban J connectivity index is 1.63. The molecule has 33 heavy (non-hydrogen) atoms. The summed E-state index contributed by atoms with van der Waals surface area (Å²) in [7, 11) is 2.80. The van der Waals surface area contributed by atoms with E-state index in [2.05, 4.69) is 10.1 Å². The van der Waals surface area contributed by atoms with Gasteiger partial charge in [-0.25, -0.2) is 4.79 Å². The van der Waals surface area contributed by atoms with Crippen molar-refractivity contribution in [1.82, 2.24) is 0 Å². The summed E-state index contributed by atoms with van der Waals surface area (Å²) < 4.78 is 21.5. The van der Waals surface area contributed by atoms with Gasteiger partial charge >= 0.3 is 5.97 Å². The van der Waals surface area contributed by atoms with Crippen molar-refractivity contribution in [1.29, 1.82) is 0 Å². The van der Waals surface area contributed by atoms with E-state index in [0.717, 1.165) is 11.1 Å². The zero-order valence-corrected chi connectivity index (χ0v) is 18.7. The van der Waals surface area contributed by atoms with E-state index < -0.39 is 5.97 Å². The zero-order valence-electron chi connectivity index (χ0n) is 18.7. The zero-order chi connectivity index (χ0) is 23.6. The van der Waals surface area contributed by atoms with Crippen LogP contribution in [0.2, 0.25) is 0 Å². The number of esters is 1. The minimum absolute atomic E-state index is 0.230. The summed E-state index contributed by atoms with van der Waals surface area (Å²) in [6.45, 7) is 1.77. The number of aryl methyl sites for hydroxylation is 1. The minimum Gasteiger partial charge on any atom is -0.493 e. The van der Waals surface area contributed by atoms with E-state index in [1.54, 1.807) is 36.4 Å².